The topological polar surface area (TPSA) is 98.2 Å². The number of imidazole rings is 1. The van der Waals surface area contributed by atoms with Crippen LogP contribution in [-0.4, -0.2) is 47.8 Å². The molecule has 142 valence electrons. The molecule has 9 heteroatoms. The highest BCUT2D eigenvalue weighted by Crippen LogP contribution is 2.31. The van der Waals surface area contributed by atoms with Crippen LogP contribution in [0.4, 0.5) is 4.39 Å². The van der Waals surface area contributed by atoms with Gasteiger partial charge in [0.15, 0.2) is 5.65 Å². The Morgan fingerprint density at radius 3 is 2.89 bits per heavy atom. The van der Waals surface area contributed by atoms with Crippen LogP contribution in [0.25, 0.3) is 22.3 Å². The summed E-state index contributed by atoms with van der Waals surface area (Å²) in [5.41, 5.74) is 1.63. The number of hydrogen-bond donors (Lipinski definition) is 2. The Balaban J connectivity index is 1.97. The second-order valence-electron chi connectivity index (χ2n) is 5.80. The maximum Gasteiger partial charge on any atom is 0.328 e. The number of amides is 1. The molecule has 2 aromatic heterocycles. The monoisotopic (exact) mass is 374 g/mol. The number of methoxy groups -OCH3 is 2. The zero-order valence-corrected chi connectivity index (χ0v) is 14.9. The van der Waals surface area contributed by atoms with Gasteiger partial charge in [-0.2, -0.15) is 0 Å². The number of aromatic amines is 1. The van der Waals surface area contributed by atoms with Crippen molar-refractivity contribution in [2.24, 2.45) is 0 Å². The van der Waals surface area contributed by atoms with E-state index in [0.717, 1.165) is 0 Å². The lowest BCUT2D eigenvalue weighted by Gasteiger charge is -2.09. The minimum Gasteiger partial charge on any atom is -0.496 e. The van der Waals surface area contributed by atoms with Crippen molar-refractivity contribution in [1.82, 2.24) is 19.9 Å². The Kier molecular flexibility index (Phi) is 5.51. The van der Waals surface area contributed by atoms with E-state index in [4.69, 9.17) is 9.47 Å². The number of ether oxygens (including phenoxy) is 2. The molecule has 1 amide bonds. The van der Waals surface area contributed by atoms with Gasteiger partial charge >= 0.3 is 5.69 Å². The van der Waals surface area contributed by atoms with Crippen molar-refractivity contribution < 1.29 is 18.7 Å². The van der Waals surface area contributed by atoms with E-state index in [1.807, 2.05) is 0 Å². The molecule has 0 saturated heterocycles. The molecule has 0 radical (unpaired) electrons. The summed E-state index contributed by atoms with van der Waals surface area (Å²) in [6, 6.07) is 5.87. The van der Waals surface area contributed by atoms with E-state index in [-0.39, 0.29) is 12.5 Å². The molecule has 0 spiro atoms. The fourth-order valence-corrected chi connectivity index (χ4v) is 2.73. The Hall–Kier alpha value is -3.20. The van der Waals surface area contributed by atoms with Gasteiger partial charge in [-0.3, -0.25) is 14.3 Å². The summed E-state index contributed by atoms with van der Waals surface area (Å²) in [6.45, 7) is 0.571. The summed E-state index contributed by atoms with van der Waals surface area (Å²) >= 11 is 0. The normalized spacial score (nSPS) is 10.9. The number of benzene rings is 1. The van der Waals surface area contributed by atoms with Crippen molar-refractivity contribution >= 4 is 17.1 Å². The fraction of sp³-hybridized carbons (Fsp3) is 0.278. The highest BCUT2D eigenvalue weighted by Gasteiger charge is 2.14. The van der Waals surface area contributed by atoms with Crippen LogP contribution in [-0.2, 0) is 16.1 Å². The van der Waals surface area contributed by atoms with Crippen molar-refractivity contribution in [2.45, 2.75) is 6.54 Å². The number of pyridine rings is 1. The van der Waals surface area contributed by atoms with Crippen LogP contribution in [0.3, 0.4) is 0 Å². The number of carbonyl (C=O) groups is 1. The summed E-state index contributed by atoms with van der Waals surface area (Å²) in [6.07, 6.45) is 1.55. The van der Waals surface area contributed by atoms with Crippen LogP contribution >= 0.6 is 0 Å². The second kappa shape index (κ2) is 8.00. The molecule has 3 rings (SSSR count). The lowest BCUT2D eigenvalue weighted by Crippen LogP contribution is -2.33. The van der Waals surface area contributed by atoms with Crippen molar-refractivity contribution in [3.8, 4) is 16.9 Å². The predicted molar refractivity (Wildman–Crippen MR) is 97.2 cm³/mol. The molecule has 0 unspecified atom stereocenters. The zero-order valence-electron chi connectivity index (χ0n) is 14.9. The largest absolute Gasteiger partial charge is 0.496 e. The molecule has 2 heterocycles. The minimum absolute atomic E-state index is 0.158. The first-order valence-electron chi connectivity index (χ1n) is 8.21. The van der Waals surface area contributed by atoms with E-state index in [0.29, 0.717) is 41.2 Å². The number of nitrogens with one attached hydrogen (secondary N) is 2. The fourth-order valence-electron chi connectivity index (χ4n) is 2.73. The van der Waals surface area contributed by atoms with Gasteiger partial charge in [0.05, 0.1) is 19.2 Å². The lowest BCUT2D eigenvalue weighted by atomic mass is 10.1. The van der Waals surface area contributed by atoms with E-state index < -0.39 is 11.5 Å². The molecule has 0 bridgehead atoms. The highest BCUT2D eigenvalue weighted by molar-refractivity contribution is 5.82. The van der Waals surface area contributed by atoms with Gasteiger partial charge in [0.2, 0.25) is 5.91 Å². The Morgan fingerprint density at radius 2 is 2.15 bits per heavy atom. The molecule has 27 heavy (non-hydrogen) atoms. The van der Waals surface area contributed by atoms with Gasteiger partial charge < -0.3 is 14.8 Å². The molecule has 0 fully saturated rings. The Labute approximate surface area is 153 Å². The smallest absolute Gasteiger partial charge is 0.328 e. The van der Waals surface area contributed by atoms with E-state index in [1.165, 1.54) is 30.9 Å². The summed E-state index contributed by atoms with van der Waals surface area (Å²) in [5.74, 6) is -0.395. The maximum absolute atomic E-state index is 13.4. The molecule has 2 N–H and O–H groups in total. The second-order valence-corrected chi connectivity index (χ2v) is 5.80. The van der Waals surface area contributed by atoms with Crippen molar-refractivity contribution in [2.75, 3.05) is 27.4 Å². The summed E-state index contributed by atoms with van der Waals surface area (Å²) in [7, 11) is 2.98. The molecular formula is C18H19FN4O4. The Bertz CT molecular complexity index is 1030. The molecule has 0 aliphatic rings. The zero-order chi connectivity index (χ0) is 19.4. The number of H-pyrrole nitrogens is 1. The van der Waals surface area contributed by atoms with Gasteiger partial charge in [0, 0.05) is 37.0 Å². The number of rotatable bonds is 7. The minimum atomic E-state index is -0.442. The third kappa shape index (κ3) is 3.98. The van der Waals surface area contributed by atoms with Crippen molar-refractivity contribution in [3.63, 3.8) is 0 Å². The first-order valence-corrected chi connectivity index (χ1v) is 8.21. The van der Waals surface area contributed by atoms with Crippen LogP contribution in [0, 0.1) is 5.82 Å². The van der Waals surface area contributed by atoms with Crippen LogP contribution in [0.5, 0.6) is 5.75 Å². The summed E-state index contributed by atoms with van der Waals surface area (Å²) < 4.78 is 24.8. The maximum atomic E-state index is 13.4. The van der Waals surface area contributed by atoms with Gasteiger partial charge in [0.1, 0.15) is 18.1 Å². The molecule has 0 atom stereocenters. The van der Waals surface area contributed by atoms with E-state index in [9.17, 15) is 14.0 Å². The summed E-state index contributed by atoms with van der Waals surface area (Å²) in [4.78, 5) is 31.1. The lowest BCUT2D eigenvalue weighted by molar-refractivity contribution is -0.121. The van der Waals surface area contributed by atoms with Gasteiger partial charge in [-0.1, -0.05) is 0 Å². The number of hydrogen-bond acceptors (Lipinski definition) is 5. The first-order chi connectivity index (χ1) is 13.0. The average Bonchev–Trinajstić information content (AvgIpc) is 2.96. The first kappa shape index (κ1) is 18.6. The molecular weight excluding hydrogens is 355 g/mol. The SMILES string of the molecule is COCCNC(=O)Cn1c(=O)[nH]c2ncc(-c3ccc(F)cc3OC)cc21. The third-order valence-electron chi connectivity index (χ3n) is 4.03. The Morgan fingerprint density at radius 1 is 1.33 bits per heavy atom. The van der Waals surface area contributed by atoms with Crippen LogP contribution in [0.2, 0.25) is 0 Å². The van der Waals surface area contributed by atoms with Gasteiger partial charge in [-0.15, -0.1) is 0 Å². The predicted octanol–water partition coefficient (Wildman–Crippen LogP) is 1.30. The van der Waals surface area contributed by atoms with Gasteiger partial charge in [-0.25, -0.2) is 14.2 Å². The molecule has 1 aromatic carbocycles. The van der Waals surface area contributed by atoms with Crippen LogP contribution in [0.1, 0.15) is 0 Å². The standard InChI is InChI=1S/C18H19FN4O4/c1-26-6-5-20-16(24)10-23-14-7-11(9-21-17(14)22-18(23)25)13-4-3-12(19)8-15(13)27-2/h3-4,7-9H,5-6,10H2,1-2H3,(H,20,24)(H,21,22,25). The van der Waals surface area contributed by atoms with Crippen LogP contribution in [0.15, 0.2) is 35.3 Å². The number of fused-ring (bicyclic) bond motifs is 1. The number of carbonyl (C=O) groups excluding carboxylic acids is 1. The molecule has 3 aromatic rings. The highest BCUT2D eigenvalue weighted by atomic mass is 19.1. The quantitative estimate of drug-likeness (QED) is 0.608. The van der Waals surface area contributed by atoms with Crippen molar-refractivity contribution in [1.29, 1.82) is 0 Å². The summed E-state index contributed by atoms with van der Waals surface area (Å²) in [5, 5.41) is 2.66. The number of nitrogens with zero attached hydrogens (tertiary/aromatic N) is 2. The molecule has 0 saturated carbocycles. The van der Waals surface area contributed by atoms with E-state index in [2.05, 4.69) is 15.3 Å². The van der Waals surface area contributed by atoms with Gasteiger partial charge in [-0.05, 0) is 18.2 Å². The van der Waals surface area contributed by atoms with Crippen molar-refractivity contribution in [3.05, 3.63) is 46.8 Å². The van der Waals surface area contributed by atoms with Crippen LogP contribution < -0.4 is 15.7 Å². The number of halogens is 1. The molecule has 0 aliphatic heterocycles. The average molecular weight is 374 g/mol. The third-order valence-corrected chi connectivity index (χ3v) is 4.03. The van der Waals surface area contributed by atoms with E-state index in [1.54, 1.807) is 18.3 Å². The molecule has 8 nitrogen and oxygen atoms in total. The molecule has 0 aliphatic carbocycles. The van der Waals surface area contributed by atoms with E-state index >= 15 is 0 Å². The van der Waals surface area contributed by atoms with Gasteiger partial charge in [0.25, 0.3) is 0 Å². The number of aromatic nitrogens is 3.